The van der Waals surface area contributed by atoms with E-state index in [0.717, 1.165) is 45.1 Å². The van der Waals surface area contributed by atoms with E-state index in [0.29, 0.717) is 6.54 Å². The molecule has 1 fully saturated rings. The van der Waals surface area contributed by atoms with Crippen LogP contribution in [0.2, 0.25) is 0 Å². The third kappa shape index (κ3) is 6.94. The number of hydrogen-bond acceptors (Lipinski definition) is 2. The Labute approximate surface area is 181 Å². The van der Waals surface area contributed by atoms with Gasteiger partial charge in [0.05, 0.1) is 20.3 Å². The number of hydrogen-bond donors (Lipinski definition) is 3. The van der Waals surface area contributed by atoms with Crippen LogP contribution in [0.15, 0.2) is 48.5 Å². The van der Waals surface area contributed by atoms with E-state index in [2.05, 4.69) is 69.5 Å². The van der Waals surface area contributed by atoms with Crippen LogP contribution in [0.3, 0.4) is 0 Å². The number of carbonyl (C=O) groups excluding carboxylic acids is 1. The second-order valence-electron chi connectivity index (χ2n) is 9.54. The van der Waals surface area contributed by atoms with Gasteiger partial charge in [-0.25, -0.2) is 0 Å². The molecule has 30 heavy (non-hydrogen) atoms. The molecule has 2 aromatic rings. The molecule has 0 radical (unpaired) electrons. The Morgan fingerprint density at radius 2 is 1.60 bits per heavy atom. The van der Waals surface area contributed by atoms with Crippen LogP contribution in [0, 0.1) is 0 Å². The zero-order valence-corrected chi connectivity index (χ0v) is 18.9. The minimum Gasteiger partial charge on any atom is -0.370 e. The zero-order chi connectivity index (χ0) is 21.6. The summed E-state index contributed by atoms with van der Waals surface area (Å²) in [5.41, 5.74) is 4.91. The maximum absolute atomic E-state index is 12.5. The van der Waals surface area contributed by atoms with E-state index in [1.54, 1.807) is 4.90 Å². The van der Waals surface area contributed by atoms with Crippen molar-refractivity contribution in [1.29, 1.82) is 0 Å². The molecular weight excluding hydrogens is 374 g/mol. The van der Waals surface area contributed by atoms with Gasteiger partial charge in [0.25, 0.3) is 5.91 Å². The van der Waals surface area contributed by atoms with Crippen molar-refractivity contribution < 1.29 is 19.3 Å². The zero-order valence-electron chi connectivity index (χ0n) is 18.9. The molecule has 3 N–H and O–H groups in total. The first-order valence-corrected chi connectivity index (χ1v) is 11.0. The fourth-order valence-corrected chi connectivity index (χ4v) is 3.84. The number of amides is 1. The first-order valence-electron chi connectivity index (χ1n) is 11.0. The van der Waals surface area contributed by atoms with Gasteiger partial charge in [-0.3, -0.25) is 4.79 Å². The molecule has 1 aliphatic heterocycles. The average molecular weight is 412 g/mol. The predicted octanol–water partition coefficient (Wildman–Crippen LogP) is 1.05. The molecule has 3 rings (SSSR count). The van der Waals surface area contributed by atoms with E-state index >= 15 is 0 Å². The normalized spacial score (nSPS) is 16.3. The molecule has 0 bridgehead atoms. The summed E-state index contributed by atoms with van der Waals surface area (Å²) >= 11 is 0. The molecule has 1 saturated heterocycles. The number of anilines is 1. The van der Waals surface area contributed by atoms with Gasteiger partial charge in [-0.1, -0.05) is 57.2 Å². The highest BCUT2D eigenvalue weighted by molar-refractivity contribution is 5.91. The van der Waals surface area contributed by atoms with Crippen molar-refractivity contribution in [3.8, 4) is 0 Å². The summed E-state index contributed by atoms with van der Waals surface area (Å²) in [5.74, 6) is 0.0466. The van der Waals surface area contributed by atoms with Crippen molar-refractivity contribution in [2.24, 2.45) is 0 Å². The van der Waals surface area contributed by atoms with Crippen LogP contribution in [0.1, 0.15) is 37.5 Å². The van der Waals surface area contributed by atoms with E-state index in [9.17, 15) is 4.79 Å². The molecule has 1 amide bonds. The van der Waals surface area contributed by atoms with Crippen molar-refractivity contribution in [2.75, 3.05) is 45.2 Å². The molecule has 1 atom stereocenters. The van der Waals surface area contributed by atoms with Gasteiger partial charge in [-0.05, 0) is 23.1 Å². The molecular formula is C25H37N3O2+2. The van der Waals surface area contributed by atoms with Crippen LogP contribution in [0.4, 0.5) is 5.69 Å². The van der Waals surface area contributed by atoms with E-state index < -0.39 is 0 Å². The van der Waals surface area contributed by atoms with Crippen LogP contribution in [-0.2, 0) is 28.0 Å². The Balaban J connectivity index is 1.45. The van der Waals surface area contributed by atoms with E-state index in [1.807, 2.05) is 12.1 Å². The number of ether oxygens (including phenoxy) is 1. The number of rotatable bonds is 7. The third-order valence-corrected chi connectivity index (χ3v) is 5.68. The molecule has 5 heteroatoms. The lowest BCUT2D eigenvalue weighted by molar-refractivity contribution is -0.921. The van der Waals surface area contributed by atoms with Crippen molar-refractivity contribution >= 4 is 11.6 Å². The highest BCUT2D eigenvalue weighted by Gasteiger charge is 2.16. The number of likely N-dealkylation sites (N-methyl/N-ethyl adjacent to an activating group) is 1. The van der Waals surface area contributed by atoms with Gasteiger partial charge in [0, 0.05) is 16.8 Å². The number of quaternary nitrogens is 2. The van der Waals surface area contributed by atoms with Crippen LogP contribution in [0.5, 0.6) is 0 Å². The summed E-state index contributed by atoms with van der Waals surface area (Å²) < 4.78 is 5.42. The Hall–Kier alpha value is -2.21. The SMILES string of the molecule is C[NH+](CC(=O)Nc1ccc(C[NH+]2CCOCC2)cc1)Cc1ccc(C(C)(C)C)cc1. The minimum atomic E-state index is 0.0466. The smallest absolute Gasteiger partial charge is 0.279 e. The summed E-state index contributed by atoms with van der Waals surface area (Å²) in [5, 5.41) is 3.03. The maximum Gasteiger partial charge on any atom is 0.279 e. The number of carbonyl (C=O) groups is 1. The average Bonchev–Trinajstić information content (AvgIpc) is 2.70. The fraction of sp³-hybridized carbons (Fsp3) is 0.480. The molecule has 1 aliphatic rings. The summed E-state index contributed by atoms with van der Waals surface area (Å²) in [7, 11) is 2.06. The molecule has 2 aromatic carbocycles. The molecule has 1 unspecified atom stereocenters. The Bertz CT molecular complexity index is 804. The van der Waals surface area contributed by atoms with Crippen LogP contribution in [-0.4, -0.2) is 45.8 Å². The molecule has 0 aliphatic carbocycles. The van der Waals surface area contributed by atoms with E-state index in [4.69, 9.17) is 4.74 Å². The molecule has 1 heterocycles. The fourth-order valence-electron chi connectivity index (χ4n) is 3.84. The third-order valence-electron chi connectivity index (χ3n) is 5.68. The summed E-state index contributed by atoms with van der Waals surface area (Å²) in [6.45, 7) is 12.8. The lowest BCUT2D eigenvalue weighted by Crippen LogP contribution is -3.12. The number of benzene rings is 2. The van der Waals surface area contributed by atoms with Gasteiger partial charge < -0.3 is 19.9 Å². The molecule has 0 saturated carbocycles. The maximum atomic E-state index is 12.5. The van der Waals surface area contributed by atoms with Crippen molar-refractivity contribution in [3.05, 3.63) is 65.2 Å². The number of morpholine rings is 1. The van der Waals surface area contributed by atoms with E-state index in [1.165, 1.54) is 21.6 Å². The van der Waals surface area contributed by atoms with Crippen LogP contribution < -0.4 is 15.1 Å². The molecule has 5 nitrogen and oxygen atoms in total. The minimum absolute atomic E-state index is 0.0466. The van der Waals surface area contributed by atoms with Gasteiger partial charge in [0.1, 0.15) is 26.2 Å². The second-order valence-corrected chi connectivity index (χ2v) is 9.54. The van der Waals surface area contributed by atoms with Gasteiger partial charge in [0.15, 0.2) is 6.54 Å². The monoisotopic (exact) mass is 411 g/mol. The standard InChI is InChI=1S/C25H35N3O2/c1-25(2,3)22-9-5-20(6-10-22)17-27(4)19-24(29)26-23-11-7-21(8-12-23)18-28-13-15-30-16-14-28/h5-12H,13-19H2,1-4H3,(H,26,29)/p+2. The summed E-state index contributed by atoms with van der Waals surface area (Å²) in [4.78, 5) is 15.2. The Kier molecular flexibility index (Phi) is 7.64. The van der Waals surface area contributed by atoms with Gasteiger partial charge >= 0.3 is 0 Å². The molecule has 162 valence electrons. The second kappa shape index (κ2) is 10.2. The predicted molar refractivity (Wildman–Crippen MR) is 121 cm³/mol. The first kappa shape index (κ1) is 22.5. The summed E-state index contributed by atoms with van der Waals surface area (Å²) in [6.07, 6.45) is 0. The lowest BCUT2D eigenvalue weighted by Gasteiger charge is -2.23. The highest BCUT2D eigenvalue weighted by atomic mass is 16.5. The quantitative estimate of drug-likeness (QED) is 0.638. The van der Waals surface area contributed by atoms with Crippen molar-refractivity contribution in [2.45, 2.75) is 39.3 Å². The van der Waals surface area contributed by atoms with Gasteiger partial charge in [0.2, 0.25) is 0 Å². The summed E-state index contributed by atoms with van der Waals surface area (Å²) in [6, 6.07) is 17.0. The first-order chi connectivity index (χ1) is 14.3. The van der Waals surface area contributed by atoms with Crippen LogP contribution in [0.25, 0.3) is 0 Å². The Morgan fingerprint density at radius 3 is 2.20 bits per heavy atom. The van der Waals surface area contributed by atoms with Gasteiger partial charge in [-0.15, -0.1) is 0 Å². The highest BCUT2D eigenvalue weighted by Crippen LogP contribution is 2.21. The molecule has 0 aromatic heterocycles. The lowest BCUT2D eigenvalue weighted by atomic mass is 9.87. The van der Waals surface area contributed by atoms with Gasteiger partial charge in [-0.2, -0.15) is 0 Å². The largest absolute Gasteiger partial charge is 0.370 e. The number of nitrogens with one attached hydrogen (secondary N) is 3. The van der Waals surface area contributed by atoms with E-state index in [-0.39, 0.29) is 11.3 Å². The van der Waals surface area contributed by atoms with Crippen molar-refractivity contribution in [1.82, 2.24) is 0 Å². The van der Waals surface area contributed by atoms with Crippen molar-refractivity contribution in [3.63, 3.8) is 0 Å². The Morgan fingerprint density at radius 1 is 1.00 bits per heavy atom. The molecule has 0 spiro atoms. The topological polar surface area (TPSA) is 47.2 Å². The van der Waals surface area contributed by atoms with Crippen LogP contribution >= 0.6 is 0 Å².